The second-order valence-corrected chi connectivity index (χ2v) is 10.2. The number of nitrogens with one attached hydrogen (secondary N) is 2. The molecular weight excluding hydrogens is 520 g/mol. The number of nitrogens with zero attached hydrogens (tertiary/aromatic N) is 4. The van der Waals surface area contributed by atoms with Crippen LogP contribution in [0, 0.1) is 6.92 Å². The van der Waals surface area contributed by atoms with Gasteiger partial charge in [-0.2, -0.15) is 0 Å². The highest BCUT2D eigenvalue weighted by Gasteiger charge is 2.23. The van der Waals surface area contributed by atoms with Gasteiger partial charge in [-0.25, -0.2) is 9.59 Å². The van der Waals surface area contributed by atoms with Gasteiger partial charge in [0.25, 0.3) is 0 Å². The molecular formula is C31H38N6O4. The van der Waals surface area contributed by atoms with E-state index in [0.717, 1.165) is 54.6 Å². The van der Waals surface area contributed by atoms with Gasteiger partial charge in [0.05, 0.1) is 14.2 Å². The van der Waals surface area contributed by atoms with Crippen molar-refractivity contribution in [3.63, 3.8) is 0 Å². The lowest BCUT2D eigenvalue weighted by Gasteiger charge is -2.36. The Balaban J connectivity index is 1.11. The lowest BCUT2D eigenvalue weighted by molar-refractivity contribution is 0.207. The van der Waals surface area contributed by atoms with Crippen molar-refractivity contribution in [2.24, 2.45) is 0 Å². The van der Waals surface area contributed by atoms with E-state index in [0.29, 0.717) is 37.6 Å². The molecule has 2 heterocycles. The molecule has 2 saturated heterocycles. The fraction of sp³-hybridized carbons (Fsp3) is 0.355. The highest BCUT2D eigenvalue weighted by atomic mass is 16.5. The van der Waals surface area contributed by atoms with Gasteiger partial charge in [0, 0.05) is 75.1 Å². The zero-order valence-electron chi connectivity index (χ0n) is 23.9. The molecule has 0 aliphatic carbocycles. The van der Waals surface area contributed by atoms with Gasteiger partial charge < -0.3 is 39.7 Å². The molecule has 0 spiro atoms. The molecule has 2 N–H and O–H groups in total. The average molecular weight is 559 g/mol. The van der Waals surface area contributed by atoms with Gasteiger partial charge in [0.15, 0.2) is 0 Å². The Morgan fingerprint density at radius 1 is 0.610 bits per heavy atom. The molecule has 2 aliphatic heterocycles. The molecule has 3 aromatic rings. The summed E-state index contributed by atoms with van der Waals surface area (Å²) in [6.07, 6.45) is 0. The molecule has 10 heteroatoms. The molecule has 5 rings (SSSR count). The Kier molecular flexibility index (Phi) is 8.67. The van der Waals surface area contributed by atoms with Crippen molar-refractivity contribution in [3.8, 4) is 11.5 Å². The molecule has 0 aromatic heterocycles. The molecule has 0 unspecified atom stereocenters. The van der Waals surface area contributed by atoms with Crippen molar-refractivity contribution in [1.29, 1.82) is 0 Å². The number of hydrogen-bond donors (Lipinski definition) is 2. The molecule has 2 fully saturated rings. The van der Waals surface area contributed by atoms with Gasteiger partial charge in [0.2, 0.25) is 0 Å². The van der Waals surface area contributed by atoms with Crippen LogP contribution in [0.25, 0.3) is 0 Å². The first kappa shape index (κ1) is 27.9. The third-order valence-corrected chi connectivity index (χ3v) is 7.74. The van der Waals surface area contributed by atoms with E-state index in [1.807, 2.05) is 83.5 Å². The fourth-order valence-electron chi connectivity index (χ4n) is 5.15. The average Bonchev–Trinajstić information content (AvgIpc) is 3.03. The molecule has 2 aliphatic rings. The van der Waals surface area contributed by atoms with E-state index >= 15 is 0 Å². The van der Waals surface area contributed by atoms with Crippen molar-refractivity contribution in [1.82, 2.24) is 9.80 Å². The molecule has 0 bridgehead atoms. The number of methoxy groups -OCH3 is 2. The van der Waals surface area contributed by atoms with Crippen molar-refractivity contribution in [2.75, 3.05) is 87.0 Å². The highest BCUT2D eigenvalue weighted by molar-refractivity contribution is 5.93. The number of hydrogen-bond acceptors (Lipinski definition) is 6. The number of benzene rings is 3. The molecule has 216 valence electrons. The number of rotatable bonds is 6. The Morgan fingerprint density at radius 3 is 1.49 bits per heavy atom. The Morgan fingerprint density at radius 2 is 1.05 bits per heavy atom. The van der Waals surface area contributed by atoms with Crippen LogP contribution >= 0.6 is 0 Å². The van der Waals surface area contributed by atoms with Crippen LogP contribution in [0.5, 0.6) is 11.5 Å². The number of aryl methyl sites for hydroxylation is 1. The van der Waals surface area contributed by atoms with E-state index in [1.165, 1.54) is 0 Å². The summed E-state index contributed by atoms with van der Waals surface area (Å²) in [5, 5.41) is 6.05. The summed E-state index contributed by atoms with van der Waals surface area (Å²) in [6, 6.07) is 21.3. The van der Waals surface area contributed by atoms with E-state index in [2.05, 4.69) is 20.4 Å². The smallest absolute Gasteiger partial charge is 0.321 e. The number of ether oxygens (including phenoxy) is 2. The Labute approximate surface area is 241 Å². The number of urea groups is 2. The van der Waals surface area contributed by atoms with Crippen molar-refractivity contribution < 1.29 is 19.1 Å². The summed E-state index contributed by atoms with van der Waals surface area (Å²) >= 11 is 0. The van der Waals surface area contributed by atoms with Crippen molar-refractivity contribution in [3.05, 3.63) is 72.3 Å². The van der Waals surface area contributed by atoms with Gasteiger partial charge >= 0.3 is 12.1 Å². The standard InChI is InChI=1S/C31H38N6O4/c1-23-4-5-24(32-30(38)36-18-14-34(15-19-36)25-6-10-27(40-2)11-7-25)22-29(23)33-31(39)37-20-16-35(17-21-37)26-8-12-28(41-3)13-9-26/h4-13,22H,14-21H2,1-3H3,(H,32,38)(H,33,39). The summed E-state index contributed by atoms with van der Waals surface area (Å²) in [6.45, 7) is 7.43. The summed E-state index contributed by atoms with van der Waals surface area (Å²) in [5.74, 6) is 1.65. The van der Waals surface area contributed by atoms with Gasteiger partial charge in [-0.3, -0.25) is 0 Å². The maximum Gasteiger partial charge on any atom is 0.321 e. The van der Waals surface area contributed by atoms with E-state index in [-0.39, 0.29) is 12.1 Å². The maximum atomic E-state index is 13.1. The fourth-order valence-corrected chi connectivity index (χ4v) is 5.15. The predicted molar refractivity (Wildman–Crippen MR) is 163 cm³/mol. The number of piperazine rings is 2. The van der Waals surface area contributed by atoms with Crippen LogP contribution in [0.2, 0.25) is 0 Å². The largest absolute Gasteiger partial charge is 0.497 e. The third-order valence-electron chi connectivity index (χ3n) is 7.74. The predicted octanol–water partition coefficient (Wildman–Crippen LogP) is 4.72. The van der Waals surface area contributed by atoms with Gasteiger partial charge in [-0.1, -0.05) is 6.07 Å². The van der Waals surface area contributed by atoms with Gasteiger partial charge in [0.1, 0.15) is 11.5 Å². The monoisotopic (exact) mass is 558 g/mol. The van der Waals surface area contributed by atoms with Crippen LogP contribution in [-0.4, -0.2) is 88.4 Å². The second kappa shape index (κ2) is 12.7. The maximum absolute atomic E-state index is 13.1. The zero-order valence-corrected chi connectivity index (χ0v) is 23.9. The molecule has 0 saturated carbocycles. The van der Waals surface area contributed by atoms with Crippen molar-refractivity contribution >= 4 is 34.8 Å². The van der Waals surface area contributed by atoms with Crippen LogP contribution in [0.4, 0.5) is 32.3 Å². The molecule has 41 heavy (non-hydrogen) atoms. The topological polar surface area (TPSA) is 89.6 Å². The molecule has 10 nitrogen and oxygen atoms in total. The number of carbonyl (C=O) groups is 2. The molecule has 4 amide bonds. The van der Waals surface area contributed by atoms with E-state index in [4.69, 9.17) is 9.47 Å². The lowest BCUT2D eigenvalue weighted by Crippen LogP contribution is -2.50. The van der Waals surface area contributed by atoms with Crippen LogP contribution in [-0.2, 0) is 0 Å². The lowest BCUT2D eigenvalue weighted by atomic mass is 10.1. The molecule has 0 atom stereocenters. The molecule has 0 radical (unpaired) electrons. The minimum Gasteiger partial charge on any atom is -0.497 e. The minimum absolute atomic E-state index is 0.138. The van der Waals surface area contributed by atoms with E-state index in [9.17, 15) is 9.59 Å². The first-order chi connectivity index (χ1) is 19.9. The minimum atomic E-state index is -0.143. The number of amides is 4. The number of carbonyl (C=O) groups excluding carboxylic acids is 2. The quantitative estimate of drug-likeness (QED) is 0.455. The van der Waals surface area contributed by atoms with E-state index in [1.54, 1.807) is 14.2 Å². The normalized spacial score (nSPS) is 15.4. The summed E-state index contributed by atoms with van der Waals surface area (Å²) in [4.78, 5) is 34.3. The van der Waals surface area contributed by atoms with Gasteiger partial charge in [-0.15, -0.1) is 0 Å². The molecule has 3 aromatic carbocycles. The Bertz CT molecular complexity index is 1330. The van der Waals surface area contributed by atoms with Crippen molar-refractivity contribution in [2.45, 2.75) is 6.92 Å². The highest BCUT2D eigenvalue weighted by Crippen LogP contribution is 2.24. The Hall–Kier alpha value is -4.60. The van der Waals surface area contributed by atoms with Crippen LogP contribution in [0.15, 0.2) is 66.7 Å². The zero-order chi connectivity index (χ0) is 28.8. The first-order valence-electron chi connectivity index (χ1n) is 13.9. The number of anilines is 4. The summed E-state index contributed by atoms with van der Waals surface area (Å²) in [5.41, 5.74) is 4.51. The third kappa shape index (κ3) is 6.77. The summed E-state index contributed by atoms with van der Waals surface area (Å²) < 4.78 is 10.5. The van der Waals surface area contributed by atoms with Crippen LogP contribution in [0.1, 0.15) is 5.56 Å². The van der Waals surface area contributed by atoms with E-state index < -0.39 is 0 Å². The summed E-state index contributed by atoms with van der Waals surface area (Å²) in [7, 11) is 3.31. The second-order valence-electron chi connectivity index (χ2n) is 10.2. The first-order valence-corrected chi connectivity index (χ1v) is 13.9. The SMILES string of the molecule is COc1ccc(N2CCN(C(=O)Nc3ccc(C)c(NC(=O)N4CCN(c5ccc(OC)cc5)CC4)c3)CC2)cc1. The van der Waals surface area contributed by atoms with Crippen LogP contribution < -0.4 is 29.9 Å². The van der Waals surface area contributed by atoms with Crippen LogP contribution in [0.3, 0.4) is 0 Å². The van der Waals surface area contributed by atoms with Gasteiger partial charge in [-0.05, 0) is 73.2 Å².